The van der Waals surface area contributed by atoms with E-state index < -0.39 is 0 Å². The van der Waals surface area contributed by atoms with Crippen LogP contribution in [0.15, 0.2) is 35.0 Å². The minimum Gasteiger partial charge on any atom is -0.464 e. The van der Waals surface area contributed by atoms with E-state index in [2.05, 4.69) is 4.99 Å². The fraction of sp³-hybridized carbons (Fsp3) is 0.375. The number of aliphatic imine (C=N–C) groups is 1. The molecule has 0 amide bonds. The minimum absolute atomic E-state index is 0.361. The van der Waals surface area contributed by atoms with Crippen molar-refractivity contribution in [2.45, 2.75) is 19.8 Å². The van der Waals surface area contributed by atoms with Gasteiger partial charge in [0.25, 0.3) is 0 Å². The molecule has 0 aromatic heterocycles. The molecule has 2 rings (SSSR count). The van der Waals surface area contributed by atoms with E-state index in [1.807, 2.05) is 50.2 Å². The number of carbonyl (C=O) groups excluding carboxylic acids is 1. The number of methoxy groups -OCH3 is 1. The summed E-state index contributed by atoms with van der Waals surface area (Å²) in [5.74, 6) is -0.361. The summed E-state index contributed by atoms with van der Waals surface area (Å²) in [4.78, 5) is 18.3. The summed E-state index contributed by atoms with van der Waals surface area (Å²) in [7, 11) is 5.39. The third-order valence-corrected chi connectivity index (χ3v) is 3.46. The number of hydrogen-bond donors (Lipinski definition) is 0. The van der Waals surface area contributed by atoms with Gasteiger partial charge in [0, 0.05) is 31.9 Å². The second kappa shape index (κ2) is 5.90. The molecule has 0 atom stereocenters. The van der Waals surface area contributed by atoms with Crippen LogP contribution in [0.3, 0.4) is 0 Å². The molecule has 1 aromatic rings. The molecule has 0 bridgehead atoms. The highest BCUT2D eigenvalue weighted by atomic mass is 16.5. The van der Waals surface area contributed by atoms with Crippen LogP contribution in [0.5, 0.6) is 0 Å². The van der Waals surface area contributed by atoms with Crippen molar-refractivity contribution in [2.75, 3.05) is 26.1 Å². The highest BCUT2D eigenvalue weighted by Crippen LogP contribution is 2.31. The Hall–Kier alpha value is -2.10. The monoisotopic (exact) mass is 272 g/mol. The number of rotatable bonds is 4. The van der Waals surface area contributed by atoms with Crippen molar-refractivity contribution in [2.24, 2.45) is 4.99 Å². The van der Waals surface area contributed by atoms with Crippen LogP contribution in [-0.2, 0) is 9.53 Å². The molecular formula is C16H20N2O2. The maximum Gasteiger partial charge on any atom is 0.356 e. The first kappa shape index (κ1) is 14.3. The van der Waals surface area contributed by atoms with Gasteiger partial charge in [-0.3, -0.25) is 0 Å². The van der Waals surface area contributed by atoms with E-state index in [4.69, 9.17) is 4.74 Å². The molecule has 4 heteroatoms. The lowest BCUT2D eigenvalue weighted by Crippen LogP contribution is -2.08. The zero-order chi connectivity index (χ0) is 14.7. The Morgan fingerprint density at radius 3 is 2.45 bits per heavy atom. The largest absolute Gasteiger partial charge is 0.464 e. The maximum atomic E-state index is 11.8. The van der Waals surface area contributed by atoms with Gasteiger partial charge in [0.15, 0.2) is 5.70 Å². The third kappa shape index (κ3) is 2.74. The minimum atomic E-state index is -0.361. The number of hydrogen-bond acceptors (Lipinski definition) is 4. The topological polar surface area (TPSA) is 41.9 Å². The summed E-state index contributed by atoms with van der Waals surface area (Å²) in [5, 5.41) is 0. The van der Waals surface area contributed by atoms with Gasteiger partial charge in [0.1, 0.15) is 0 Å². The normalized spacial score (nSPS) is 14.3. The summed E-state index contributed by atoms with van der Waals surface area (Å²) in [5.41, 5.74) is 4.59. The molecule has 0 saturated heterocycles. The van der Waals surface area contributed by atoms with Gasteiger partial charge in [-0.15, -0.1) is 0 Å². The molecule has 1 heterocycles. The van der Waals surface area contributed by atoms with Crippen molar-refractivity contribution in [3.8, 4) is 0 Å². The quantitative estimate of drug-likeness (QED) is 0.791. The number of carbonyl (C=O) groups is 1. The molecular weight excluding hydrogens is 252 g/mol. The average Bonchev–Trinajstić information content (AvgIpc) is 2.90. The molecule has 4 nitrogen and oxygen atoms in total. The Balaban J connectivity index is 2.37. The number of nitrogens with zero attached hydrogens (tertiary/aromatic N) is 2. The van der Waals surface area contributed by atoms with E-state index in [-0.39, 0.29) is 5.97 Å². The number of esters is 1. The predicted molar refractivity (Wildman–Crippen MR) is 82.0 cm³/mol. The fourth-order valence-corrected chi connectivity index (χ4v) is 2.22. The summed E-state index contributed by atoms with van der Waals surface area (Å²) >= 11 is 0. The Morgan fingerprint density at radius 1 is 1.30 bits per heavy atom. The van der Waals surface area contributed by atoms with Crippen LogP contribution in [0.4, 0.5) is 5.69 Å². The van der Waals surface area contributed by atoms with E-state index in [0.29, 0.717) is 5.70 Å². The molecule has 0 spiro atoms. The summed E-state index contributed by atoms with van der Waals surface area (Å²) in [6, 6.07) is 8.14. The zero-order valence-electron chi connectivity index (χ0n) is 12.4. The SMILES string of the molecule is CCC1=NC(C(=O)OC)=C(c2ccc(N(C)C)cc2)C1. The molecule has 0 radical (unpaired) electrons. The van der Waals surface area contributed by atoms with Gasteiger partial charge in [-0.1, -0.05) is 19.1 Å². The lowest BCUT2D eigenvalue weighted by Gasteiger charge is -2.13. The van der Waals surface area contributed by atoms with Crippen molar-refractivity contribution < 1.29 is 9.53 Å². The second-order valence-corrected chi connectivity index (χ2v) is 4.97. The molecule has 20 heavy (non-hydrogen) atoms. The van der Waals surface area contributed by atoms with E-state index in [1.54, 1.807) is 0 Å². The van der Waals surface area contributed by atoms with Crippen LogP contribution in [0.1, 0.15) is 25.3 Å². The van der Waals surface area contributed by atoms with Crippen molar-refractivity contribution in [1.29, 1.82) is 0 Å². The molecule has 0 fully saturated rings. The highest BCUT2D eigenvalue weighted by molar-refractivity contribution is 6.09. The van der Waals surface area contributed by atoms with Crippen molar-refractivity contribution >= 4 is 22.9 Å². The van der Waals surface area contributed by atoms with E-state index >= 15 is 0 Å². The molecule has 0 N–H and O–H groups in total. The first-order valence-electron chi connectivity index (χ1n) is 6.72. The summed E-state index contributed by atoms with van der Waals surface area (Å²) in [6.07, 6.45) is 1.57. The fourth-order valence-electron chi connectivity index (χ4n) is 2.22. The van der Waals surface area contributed by atoms with Gasteiger partial charge in [0.2, 0.25) is 0 Å². The van der Waals surface area contributed by atoms with Crippen molar-refractivity contribution in [3.05, 3.63) is 35.5 Å². The Kier molecular flexibility index (Phi) is 4.23. The van der Waals surface area contributed by atoms with Gasteiger partial charge < -0.3 is 9.64 Å². The summed E-state index contributed by atoms with van der Waals surface area (Å²) < 4.78 is 4.83. The Labute approximate surface area is 119 Å². The second-order valence-electron chi connectivity index (χ2n) is 4.97. The number of allylic oxidation sites excluding steroid dienone is 1. The highest BCUT2D eigenvalue weighted by Gasteiger charge is 2.24. The predicted octanol–water partition coefficient (Wildman–Crippen LogP) is 2.89. The number of ether oxygens (including phenoxy) is 1. The standard InChI is InChI=1S/C16H20N2O2/c1-5-12-10-14(15(17-12)16(19)20-4)11-6-8-13(9-7-11)18(2)3/h6-9H,5,10H2,1-4H3. The van der Waals surface area contributed by atoms with Crippen LogP contribution in [-0.4, -0.2) is 32.9 Å². The Morgan fingerprint density at radius 2 is 1.95 bits per heavy atom. The Bertz CT molecular complexity index is 569. The van der Waals surface area contributed by atoms with Crippen LogP contribution in [0, 0.1) is 0 Å². The number of anilines is 1. The van der Waals surface area contributed by atoms with Crippen LogP contribution < -0.4 is 4.90 Å². The lowest BCUT2D eigenvalue weighted by atomic mass is 9.99. The van der Waals surface area contributed by atoms with E-state index in [1.165, 1.54) is 7.11 Å². The maximum absolute atomic E-state index is 11.8. The van der Waals surface area contributed by atoms with Crippen LogP contribution >= 0.6 is 0 Å². The summed E-state index contributed by atoms with van der Waals surface area (Å²) in [6.45, 7) is 2.05. The molecule has 106 valence electrons. The first-order valence-corrected chi connectivity index (χ1v) is 6.72. The van der Waals surface area contributed by atoms with Gasteiger partial charge in [-0.2, -0.15) is 0 Å². The third-order valence-electron chi connectivity index (χ3n) is 3.46. The lowest BCUT2D eigenvalue weighted by molar-refractivity contribution is -0.136. The smallest absolute Gasteiger partial charge is 0.356 e. The van der Waals surface area contributed by atoms with Crippen LogP contribution in [0.25, 0.3) is 5.57 Å². The number of benzene rings is 1. The van der Waals surface area contributed by atoms with Gasteiger partial charge >= 0.3 is 5.97 Å². The molecule has 0 saturated carbocycles. The zero-order valence-corrected chi connectivity index (χ0v) is 12.4. The van der Waals surface area contributed by atoms with Crippen molar-refractivity contribution in [1.82, 2.24) is 0 Å². The molecule has 1 aliphatic rings. The average molecular weight is 272 g/mol. The molecule has 1 aromatic carbocycles. The molecule has 0 unspecified atom stereocenters. The molecule has 0 aliphatic carbocycles. The van der Waals surface area contributed by atoms with Gasteiger partial charge in [0.05, 0.1) is 7.11 Å². The first-order chi connectivity index (χ1) is 9.56. The molecule has 1 aliphatic heterocycles. The van der Waals surface area contributed by atoms with E-state index in [0.717, 1.165) is 35.4 Å². The van der Waals surface area contributed by atoms with E-state index in [9.17, 15) is 4.79 Å². The van der Waals surface area contributed by atoms with Gasteiger partial charge in [-0.05, 0) is 29.7 Å². The van der Waals surface area contributed by atoms with Crippen LogP contribution in [0.2, 0.25) is 0 Å². The van der Waals surface area contributed by atoms with Gasteiger partial charge in [-0.25, -0.2) is 9.79 Å². The van der Waals surface area contributed by atoms with Crippen molar-refractivity contribution in [3.63, 3.8) is 0 Å².